The Morgan fingerprint density at radius 2 is 1.82 bits per heavy atom. The molecule has 28 heavy (non-hydrogen) atoms. The molecule has 2 rings (SSSR count). The number of carbonyl (C=O) groups is 2. The summed E-state index contributed by atoms with van der Waals surface area (Å²) in [5.74, 6) is -2.15. The van der Waals surface area contributed by atoms with Crippen molar-refractivity contribution in [2.24, 2.45) is 0 Å². The average Bonchev–Trinajstić information content (AvgIpc) is 2.68. The fourth-order valence-corrected chi connectivity index (χ4v) is 2.21. The number of ether oxygens (including phenoxy) is 3. The number of carbonyl (C=O) groups excluding carboxylic acids is 2. The molecule has 6 nitrogen and oxygen atoms in total. The quantitative estimate of drug-likeness (QED) is 0.577. The maximum absolute atomic E-state index is 13.6. The van der Waals surface area contributed by atoms with Gasteiger partial charge in [-0.25, -0.2) is 13.6 Å². The zero-order valence-corrected chi connectivity index (χ0v) is 15.5. The molecule has 1 N–H and O–H groups in total. The molecule has 0 spiro atoms. The number of anilines is 1. The zero-order chi connectivity index (χ0) is 20.7. The van der Waals surface area contributed by atoms with E-state index in [1.54, 1.807) is 18.2 Å². The van der Waals surface area contributed by atoms with Crippen LogP contribution in [0.3, 0.4) is 0 Å². The fourth-order valence-electron chi connectivity index (χ4n) is 2.21. The highest BCUT2D eigenvalue weighted by molar-refractivity contribution is 5.96. The number of nitrogens with one attached hydrogen (secondary N) is 1. The summed E-state index contributed by atoms with van der Waals surface area (Å²) in [5.41, 5.74) is 0.388. The van der Waals surface area contributed by atoms with Gasteiger partial charge in [0.15, 0.2) is 6.10 Å². The van der Waals surface area contributed by atoms with Crippen molar-refractivity contribution >= 4 is 23.6 Å². The molecule has 2 aromatic carbocycles. The van der Waals surface area contributed by atoms with Crippen molar-refractivity contribution in [2.75, 3.05) is 19.5 Å². The van der Waals surface area contributed by atoms with E-state index in [0.717, 1.165) is 18.2 Å². The fraction of sp³-hybridized carbons (Fsp3) is 0.200. The van der Waals surface area contributed by atoms with E-state index in [1.807, 2.05) is 0 Å². The van der Waals surface area contributed by atoms with E-state index >= 15 is 0 Å². The minimum Gasteiger partial charge on any atom is -0.497 e. The first-order chi connectivity index (χ1) is 13.3. The molecule has 0 fully saturated rings. The van der Waals surface area contributed by atoms with Gasteiger partial charge in [0.1, 0.15) is 23.1 Å². The van der Waals surface area contributed by atoms with Gasteiger partial charge in [-0.1, -0.05) is 0 Å². The summed E-state index contributed by atoms with van der Waals surface area (Å²) < 4.78 is 41.8. The highest BCUT2D eigenvalue weighted by Gasteiger charge is 2.18. The van der Waals surface area contributed by atoms with E-state index in [-0.39, 0.29) is 5.69 Å². The van der Waals surface area contributed by atoms with Crippen molar-refractivity contribution in [3.63, 3.8) is 0 Å². The number of hydrogen-bond donors (Lipinski definition) is 1. The lowest BCUT2D eigenvalue weighted by Gasteiger charge is -2.13. The van der Waals surface area contributed by atoms with Gasteiger partial charge in [0.2, 0.25) is 0 Å². The van der Waals surface area contributed by atoms with Crippen molar-refractivity contribution in [3.8, 4) is 11.5 Å². The molecule has 0 aromatic heterocycles. The maximum atomic E-state index is 13.6. The summed E-state index contributed by atoms with van der Waals surface area (Å²) in [6.45, 7) is 1.33. The lowest BCUT2D eigenvalue weighted by atomic mass is 10.1. The van der Waals surface area contributed by atoms with Gasteiger partial charge in [-0.2, -0.15) is 0 Å². The van der Waals surface area contributed by atoms with Crippen LogP contribution in [0, 0.1) is 11.6 Å². The van der Waals surface area contributed by atoms with Crippen LogP contribution in [0.1, 0.15) is 12.5 Å². The molecule has 0 aliphatic rings. The van der Waals surface area contributed by atoms with E-state index in [1.165, 1.54) is 27.2 Å². The number of amides is 1. The van der Waals surface area contributed by atoms with Crippen LogP contribution in [0.15, 0.2) is 42.5 Å². The number of halogens is 2. The van der Waals surface area contributed by atoms with Crippen LogP contribution >= 0.6 is 0 Å². The molecule has 0 saturated heterocycles. The van der Waals surface area contributed by atoms with Crippen molar-refractivity contribution in [1.82, 2.24) is 0 Å². The average molecular weight is 391 g/mol. The smallest absolute Gasteiger partial charge is 0.331 e. The van der Waals surface area contributed by atoms with Crippen LogP contribution in [0.25, 0.3) is 6.08 Å². The van der Waals surface area contributed by atoms with E-state index in [4.69, 9.17) is 14.2 Å². The predicted octanol–water partition coefficient (Wildman–Crippen LogP) is 3.57. The van der Waals surface area contributed by atoms with Gasteiger partial charge >= 0.3 is 5.97 Å². The summed E-state index contributed by atoms with van der Waals surface area (Å²) in [7, 11) is 3.00. The first-order valence-electron chi connectivity index (χ1n) is 8.20. The molecule has 1 atom stereocenters. The molecule has 0 saturated carbocycles. The monoisotopic (exact) mass is 391 g/mol. The van der Waals surface area contributed by atoms with Crippen molar-refractivity contribution in [1.29, 1.82) is 0 Å². The number of hydrogen-bond acceptors (Lipinski definition) is 5. The molecule has 0 aliphatic carbocycles. The Morgan fingerprint density at radius 1 is 1.07 bits per heavy atom. The maximum Gasteiger partial charge on any atom is 0.331 e. The molecule has 0 radical (unpaired) electrons. The third-order valence-electron chi connectivity index (χ3n) is 3.69. The third-order valence-corrected chi connectivity index (χ3v) is 3.69. The largest absolute Gasteiger partial charge is 0.497 e. The summed E-state index contributed by atoms with van der Waals surface area (Å²) in [5, 5.41) is 2.23. The zero-order valence-electron chi connectivity index (χ0n) is 15.5. The Labute approximate surface area is 160 Å². The van der Waals surface area contributed by atoms with Crippen molar-refractivity contribution in [3.05, 3.63) is 59.7 Å². The van der Waals surface area contributed by atoms with E-state index < -0.39 is 29.6 Å². The third kappa shape index (κ3) is 5.54. The predicted molar refractivity (Wildman–Crippen MR) is 99.1 cm³/mol. The Morgan fingerprint density at radius 3 is 2.46 bits per heavy atom. The summed E-state index contributed by atoms with van der Waals surface area (Å²) in [6, 6.07) is 7.75. The van der Waals surface area contributed by atoms with Gasteiger partial charge in [0.25, 0.3) is 5.91 Å². The minimum atomic E-state index is -1.20. The summed E-state index contributed by atoms with van der Waals surface area (Å²) in [6.07, 6.45) is 1.40. The molecular weight excluding hydrogens is 372 g/mol. The van der Waals surface area contributed by atoms with E-state index in [2.05, 4.69) is 5.32 Å². The Kier molecular flexibility index (Phi) is 7.08. The topological polar surface area (TPSA) is 73.9 Å². The van der Waals surface area contributed by atoms with Gasteiger partial charge < -0.3 is 19.5 Å². The Bertz CT molecular complexity index is 898. The SMILES string of the molecule is COc1ccc(/C=C/C(=O)OC(C)C(=O)Nc2ccc(F)cc2F)c(OC)c1. The van der Waals surface area contributed by atoms with Crippen LogP contribution in [0.5, 0.6) is 11.5 Å². The number of benzene rings is 2. The molecule has 0 bridgehead atoms. The minimum absolute atomic E-state index is 0.215. The lowest BCUT2D eigenvalue weighted by molar-refractivity contribution is -0.148. The normalized spacial score (nSPS) is 11.8. The molecule has 1 unspecified atom stereocenters. The molecule has 1 amide bonds. The van der Waals surface area contributed by atoms with Gasteiger partial charge in [0.05, 0.1) is 19.9 Å². The number of methoxy groups -OCH3 is 2. The van der Waals surface area contributed by atoms with Crippen LogP contribution in [0.2, 0.25) is 0 Å². The van der Waals surface area contributed by atoms with Gasteiger partial charge in [-0.15, -0.1) is 0 Å². The first-order valence-corrected chi connectivity index (χ1v) is 8.20. The van der Waals surface area contributed by atoms with Crippen LogP contribution in [-0.2, 0) is 14.3 Å². The first kappa shape index (κ1) is 20.9. The molecule has 8 heteroatoms. The number of rotatable bonds is 7. The van der Waals surface area contributed by atoms with Gasteiger partial charge in [0, 0.05) is 23.8 Å². The second-order valence-corrected chi connectivity index (χ2v) is 5.63. The molecule has 0 heterocycles. The molecule has 2 aromatic rings. The second kappa shape index (κ2) is 9.50. The van der Waals surface area contributed by atoms with Gasteiger partial charge in [-0.05, 0) is 37.3 Å². The second-order valence-electron chi connectivity index (χ2n) is 5.63. The van der Waals surface area contributed by atoms with Crippen LogP contribution in [0.4, 0.5) is 14.5 Å². The highest BCUT2D eigenvalue weighted by atomic mass is 19.1. The number of esters is 1. The van der Waals surface area contributed by atoms with Crippen molar-refractivity contribution < 1.29 is 32.6 Å². The van der Waals surface area contributed by atoms with Crippen LogP contribution in [-0.4, -0.2) is 32.2 Å². The highest BCUT2D eigenvalue weighted by Crippen LogP contribution is 2.25. The lowest BCUT2D eigenvalue weighted by Crippen LogP contribution is -2.29. The summed E-state index contributed by atoms with van der Waals surface area (Å²) in [4.78, 5) is 24.0. The molecular formula is C20H19F2NO5. The van der Waals surface area contributed by atoms with E-state index in [0.29, 0.717) is 23.1 Å². The van der Waals surface area contributed by atoms with Crippen molar-refractivity contribution in [2.45, 2.75) is 13.0 Å². The Hall–Kier alpha value is -3.42. The Balaban J connectivity index is 1.98. The molecule has 148 valence electrons. The van der Waals surface area contributed by atoms with Crippen LogP contribution < -0.4 is 14.8 Å². The van der Waals surface area contributed by atoms with E-state index in [9.17, 15) is 18.4 Å². The molecule has 0 aliphatic heterocycles. The van der Waals surface area contributed by atoms with Gasteiger partial charge in [-0.3, -0.25) is 4.79 Å². The standard InChI is InChI=1S/C20H19F2NO5/c1-12(20(25)23-17-8-6-14(21)10-16(17)22)28-19(24)9-5-13-4-7-15(26-2)11-18(13)27-3/h4-12H,1-3H3,(H,23,25)/b9-5+. The summed E-state index contributed by atoms with van der Waals surface area (Å²) >= 11 is 0.